The Kier molecular flexibility index (Phi) is 6.23. The minimum atomic E-state index is -4.44. The lowest BCUT2D eigenvalue weighted by Crippen LogP contribution is -2.45. The number of likely N-dealkylation sites (N-methyl/N-ethyl adjacent to an activating group) is 1. The highest BCUT2D eigenvalue weighted by Gasteiger charge is 2.34. The molecule has 1 aromatic carbocycles. The van der Waals surface area contributed by atoms with Gasteiger partial charge in [-0.1, -0.05) is 19.9 Å². The molecule has 1 aliphatic rings. The maximum atomic E-state index is 13.4. The third-order valence-corrected chi connectivity index (χ3v) is 4.33. The van der Waals surface area contributed by atoms with Gasteiger partial charge in [-0.3, -0.25) is 9.69 Å². The van der Waals surface area contributed by atoms with Crippen LogP contribution in [0.15, 0.2) is 18.2 Å². The largest absolute Gasteiger partial charge is 0.416 e. The van der Waals surface area contributed by atoms with Gasteiger partial charge < -0.3 is 10.2 Å². The number of halogens is 3. The number of alkyl halides is 3. The number of piperazine rings is 1. The molecule has 24 heavy (non-hydrogen) atoms. The van der Waals surface area contributed by atoms with Gasteiger partial charge in [0, 0.05) is 44.8 Å². The fourth-order valence-electron chi connectivity index (χ4n) is 2.81. The van der Waals surface area contributed by atoms with Crippen LogP contribution in [0.1, 0.15) is 31.4 Å². The first kappa shape index (κ1) is 18.7. The number of benzene rings is 1. The highest BCUT2D eigenvalue weighted by Crippen LogP contribution is 2.34. The van der Waals surface area contributed by atoms with Crippen LogP contribution in [-0.4, -0.2) is 48.4 Å². The number of carbonyl (C=O) groups excluding carboxylic acids is 1. The van der Waals surface area contributed by atoms with Crippen LogP contribution >= 0.6 is 0 Å². The molecule has 1 aromatic rings. The standard InChI is InChI=1S/C17H24F3N3O/c1-3-16(24)21-14-6-5-13(15(11-14)17(18,19)20)12-23-9-7-22(4-2)8-10-23/h5-6,11H,3-4,7-10,12H2,1-2H3,(H,21,24). The second-order valence-electron chi connectivity index (χ2n) is 5.98. The van der Waals surface area contributed by atoms with Crippen LogP contribution < -0.4 is 5.32 Å². The van der Waals surface area contributed by atoms with Crippen molar-refractivity contribution < 1.29 is 18.0 Å². The number of hydrogen-bond acceptors (Lipinski definition) is 3. The Morgan fingerprint density at radius 2 is 1.75 bits per heavy atom. The molecule has 0 radical (unpaired) electrons. The number of anilines is 1. The molecule has 1 aliphatic heterocycles. The highest BCUT2D eigenvalue weighted by molar-refractivity contribution is 5.90. The Bertz CT molecular complexity index is 567. The van der Waals surface area contributed by atoms with Gasteiger partial charge in [0.2, 0.25) is 5.91 Å². The fourth-order valence-corrected chi connectivity index (χ4v) is 2.81. The zero-order valence-electron chi connectivity index (χ0n) is 14.1. The van der Waals surface area contributed by atoms with E-state index in [1.807, 2.05) is 4.90 Å². The van der Waals surface area contributed by atoms with Crippen molar-refractivity contribution in [1.82, 2.24) is 9.80 Å². The molecule has 0 atom stereocenters. The van der Waals surface area contributed by atoms with E-state index in [0.717, 1.165) is 38.8 Å². The predicted molar refractivity (Wildman–Crippen MR) is 87.8 cm³/mol. The molecule has 0 aromatic heterocycles. The third-order valence-electron chi connectivity index (χ3n) is 4.33. The molecule has 2 rings (SSSR count). The van der Waals surface area contributed by atoms with Gasteiger partial charge >= 0.3 is 6.18 Å². The number of rotatable bonds is 5. The molecule has 0 bridgehead atoms. The molecular formula is C17H24F3N3O. The van der Waals surface area contributed by atoms with Gasteiger partial charge in [-0.25, -0.2) is 0 Å². The van der Waals surface area contributed by atoms with Crippen molar-refractivity contribution >= 4 is 11.6 Å². The second kappa shape index (κ2) is 7.98. The molecule has 4 nitrogen and oxygen atoms in total. The molecule has 1 fully saturated rings. The SMILES string of the molecule is CCC(=O)Nc1ccc(CN2CCN(CC)CC2)c(C(F)(F)F)c1. The van der Waals surface area contributed by atoms with E-state index in [2.05, 4.69) is 17.1 Å². The maximum Gasteiger partial charge on any atom is 0.416 e. The average Bonchev–Trinajstić information content (AvgIpc) is 2.55. The van der Waals surface area contributed by atoms with Gasteiger partial charge in [0.05, 0.1) is 5.56 Å². The number of carbonyl (C=O) groups is 1. The zero-order chi connectivity index (χ0) is 17.7. The van der Waals surface area contributed by atoms with E-state index < -0.39 is 11.7 Å². The molecular weight excluding hydrogens is 319 g/mol. The minimum Gasteiger partial charge on any atom is -0.326 e. The van der Waals surface area contributed by atoms with Crippen molar-refractivity contribution in [1.29, 1.82) is 0 Å². The normalized spacial score (nSPS) is 17.0. The molecule has 1 saturated heterocycles. The van der Waals surface area contributed by atoms with E-state index in [0.29, 0.717) is 0 Å². The van der Waals surface area contributed by atoms with Gasteiger partial charge in [0.25, 0.3) is 0 Å². The lowest BCUT2D eigenvalue weighted by Gasteiger charge is -2.34. The summed E-state index contributed by atoms with van der Waals surface area (Å²) in [5.41, 5.74) is -0.231. The van der Waals surface area contributed by atoms with E-state index in [1.54, 1.807) is 13.0 Å². The summed E-state index contributed by atoms with van der Waals surface area (Å²) in [6.07, 6.45) is -4.21. The van der Waals surface area contributed by atoms with Crippen LogP contribution in [0.4, 0.5) is 18.9 Å². The van der Waals surface area contributed by atoms with Crippen LogP contribution in [0.25, 0.3) is 0 Å². The maximum absolute atomic E-state index is 13.4. The number of amides is 1. The van der Waals surface area contributed by atoms with Crippen molar-refractivity contribution in [3.8, 4) is 0 Å². The van der Waals surface area contributed by atoms with Crippen molar-refractivity contribution in [3.63, 3.8) is 0 Å². The Hall–Kier alpha value is -1.60. The molecule has 0 unspecified atom stereocenters. The Morgan fingerprint density at radius 3 is 2.29 bits per heavy atom. The zero-order valence-corrected chi connectivity index (χ0v) is 14.1. The topological polar surface area (TPSA) is 35.6 Å². The van der Waals surface area contributed by atoms with Crippen LogP contribution in [-0.2, 0) is 17.5 Å². The second-order valence-corrected chi connectivity index (χ2v) is 5.98. The van der Waals surface area contributed by atoms with E-state index in [-0.39, 0.29) is 30.1 Å². The van der Waals surface area contributed by atoms with Gasteiger partial charge in [-0.05, 0) is 24.2 Å². The molecule has 1 heterocycles. The van der Waals surface area contributed by atoms with Gasteiger partial charge in [0.1, 0.15) is 0 Å². The van der Waals surface area contributed by atoms with E-state index in [4.69, 9.17) is 0 Å². The predicted octanol–water partition coefficient (Wildman–Crippen LogP) is 3.19. The summed E-state index contributed by atoms with van der Waals surface area (Å²) < 4.78 is 40.1. The molecule has 1 amide bonds. The van der Waals surface area contributed by atoms with E-state index in [9.17, 15) is 18.0 Å². The summed E-state index contributed by atoms with van der Waals surface area (Å²) in [6.45, 7) is 8.26. The lowest BCUT2D eigenvalue weighted by molar-refractivity contribution is -0.138. The molecule has 134 valence electrons. The molecule has 1 N–H and O–H groups in total. The van der Waals surface area contributed by atoms with E-state index >= 15 is 0 Å². The van der Waals surface area contributed by atoms with Crippen LogP contribution in [0, 0.1) is 0 Å². The number of hydrogen-bond donors (Lipinski definition) is 1. The highest BCUT2D eigenvalue weighted by atomic mass is 19.4. The smallest absolute Gasteiger partial charge is 0.326 e. The summed E-state index contributed by atoms with van der Waals surface area (Å²) >= 11 is 0. The summed E-state index contributed by atoms with van der Waals surface area (Å²) in [7, 11) is 0. The first-order valence-electron chi connectivity index (χ1n) is 8.28. The van der Waals surface area contributed by atoms with Crippen LogP contribution in [0.2, 0.25) is 0 Å². The minimum absolute atomic E-state index is 0.189. The summed E-state index contributed by atoms with van der Waals surface area (Å²) in [4.78, 5) is 15.7. The monoisotopic (exact) mass is 343 g/mol. The van der Waals surface area contributed by atoms with Crippen LogP contribution in [0.3, 0.4) is 0 Å². The van der Waals surface area contributed by atoms with Gasteiger partial charge in [0.15, 0.2) is 0 Å². The van der Waals surface area contributed by atoms with Crippen molar-refractivity contribution in [2.75, 3.05) is 38.0 Å². The first-order chi connectivity index (χ1) is 11.3. The average molecular weight is 343 g/mol. The Balaban J connectivity index is 2.15. The first-order valence-corrected chi connectivity index (χ1v) is 8.28. The number of nitrogens with one attached hydrogen (secondary N) is 1. The van der Waals surface area contributed by atoms with Gasteiger partial charge in [-0.2, -0.15) is 13.2 Å². The Morgan fingerprint density at radius 1 is 1.12 bits per heavy atom. The summed E-state index contributed by atoms with van der Waals surface area (Å²) in [5.74, 6) is -0.299. The molecule has 0 saturated carbocycles. The van der Waals surface area contributed by atoms with E-state index in [1.165, 1.54) is 6.07 Å². The third kappa shape index (κ3) is 4.95. The molecule has 7 heteroatoms. The quantitative estimate of drug-likeness (QED) is 0.892. The summed E-state index contributed by atoms with van der Waals surface area (Å²) in [6, 6.07) is 4.05. The molecule has 0 spiro atoms. The Labute approximate surface area is 140 Å². The number of nitrogens with zero attached hydrogens (tertiary/aromatic N) is 2. The van der Waals surface area contributed by atoms with Crippen molar-refractivity contribution in [2.24, 2.45) is 0 Å². The lowest BCUT2D eigenvalue weighted by atomic mass is 10.0. The van der Waals surface area contributed by atoms with Crippen molar-refractivity contribution in [2.45, 2.75) is 33.0 Å². The van der Waals surface area contributed by atoms with Crippen LogP contribution in [0.5, 0.6) is 0 Å². The molecule has 0 aliphatic carbocycles. The fraction of sp³-hybridized carbons (Fsp3) is 0.588. The van der Waals surface area contributed by atoms with Crippen molar-refractivity contribution in [3.05, 3.63) is 29.3 Å². The summed E-state index contributed by atoms with van der Waals surface area (Å²) in [5, 5.41) is 2.49. The van der Waals surface area contributed by atoms with Gasteiger partial charge in [-0.15, -0.1) is 0 Å².